The van der Waals surface area contributed by atoms with Crippen LogP contribution in [0.25, 0.3) is 22.4 Å². The second kappa shape index (κ2) is 9.41. The largest absolute Gasteiger partial charge is 0.494 e. The first-order chi connectivity index (χ1) is 16.3. The average Bonchev–Trinajstić information content (AvgIpc) is 2.83. The molecule has 1 fully saturated rings. The molecule has 1 aromatic heterocycles. The van der Waals surface area contributed by atoms with Crippen molar-refractivity contribution in [2.45, 2.75) is 18.9 Å². The second-order valence-electron chi connectivity index (χ2n) is 7.94. The molecule has 1 aliphatic heterocycles. The van der Waals surface area contributed by atoms with E-state index in [2.05, 4.69) is 9.97 Å². The third-order valence-corrected chi connectivity index (χ3v) is 5.76. The smallest absolute Gasteiger partial charge is 0.268 e. The molecule has 0 radical (unpaired) electrons. The van der Waals surface area contributed by atoms with Crippen molar-refractivity contribution in [2.24, 2.45) is 11.5 Å². The topological polar surface area (TPSA) is 131 Å². The lowest BCUT2D eigenvalue weighted by Crippen LogP contribution is -2.40. The molecule has 4 N–H and O–H groups in total. The summed E-state index contributed by atoms with van der Waals surface area (Å²) in [6.45, 7) is 1.13. The Kier molecular flexibility index (Phi) is 6.38. The van der Waals surface area contributed by atoms with Gasteiger partial charge in [0.25, 0.3) is 5.91 Å². The standard InChI is InChI=1S/C24H22F2N6O2/c1-34-19-5-4-13(10-18(19)26)20-21(14-2-3-15(12-27)17(25)11-14)30-24(31-22(20)23(29)33)32-8-6-16(28)7-9-32/h2-5,10-11,16H,6-9,28H2,1H3,(H2,29,33). The molecule has 8 nitrogen and oxygen atoms in total. The number of nitrogens with zero attached hydrogens (tertiary/aromatic N) is 4. The Morgan fingerprint density at radius 1 is 1.12 bits per heavy atom. The van der Waals surface area contributed by atoms with Crippen LogP contribution in [0.15, 0.2) is 36.4 Å². The van der Waals surface area contributed by atoms with Crippen molar-refractivity contribution in [3.05, 3.63) is 59.3 Å². The lowest BCUT2D eigenvalue weighted by Gasteiger charge is -2.31. The third-order valence-electron chi connectivity index (χ3n) is 5.76. The lowest BCUT2D eigenvalue weighted by molar-refractivity contribution is 0.0996. The first kappa shape index (κ1) is 23.1. The highest BCUT2D eigenvalue weighted by Gasteiger charge is 2.26. The Hall–Kier alpha value is -4.10. The number of halogens is 2. The van der Waals surface area contributed by atoms with Gasteiger partial charge in [0.1, 0.15) is 17.6 Å². The number of nitrogens with two attached hydrogens (primary N) is 2. The van der Waals surface area contributed by atoms with Gasteiger partial charge in [0.15, 0.2) is 11.6 Å². The van der Waals surface area contributed by atoms with E-state index < -0.39 is 17.5 Å². The van der Waals surface area contributed by atoms with E-state index in [0.29, 0.717) is 25.9 Å². The molecule has 174 valence electrons. The highest BCUT2D eigenvalue weighted by atomic mass is 19.1. The number of benzene rings is 2. The zero-order valence-electron chi connectivity index (χ0n) is 18.4. The zero-order chi connectivity index (χ0) is 24.4. The number of aromatic nitrogens is 2. The van der Waals surface area contributed by atoms with Crippen LogP contribution < -0.4 is 21.1 Å². The van der Waals surface area contributed by atoms with Gasteiger partial charge in [-0.15, -0.1) is 0 Å². The SMILES string of the molecule is COc1ccc(-c2c(C(N)=O)nc(N3CCC(N)CC3)nc2-c2ccc(C#N)c(F)c2)cc1F. The number of amides is 1. The van der Waals surface area contributed by atoms with Crippen molar-refractivity contribution in [2.75, 3.05) is 25.1 Å². The second-order valence-corrected chi connectivity index (χ2v) is 7.94. The van der Waals surface area contributed by atoms with Crippen molar-refractivity contribution in [1.82, 2.24) is 9.97 Å². The van der Waals surface area contributed by atoms with Gasteiger partial charge in [0, 0.05) is 30.3 Å². The Morgan fingerprint density at radius 2 is 1.79 bits per heavy atom. The van der Waals surface area contributed by atoms with Crippen LogP contribution in [-0.2, 0) is 0 Å². The molecule has 0 aliphatic carbocycles. The minimum absolute atomic E-state index is 0.0116. The van der Waals surface area contributed by atoms with Crippen molar-refractivity contribution in [3.63, 3.8) is 0 Å². The van der Waals surface area contributed by atoms with Gasteiger partial charge >= 0.3 is 0 Å². The van der Waals surface area contributed by atoms with Crippen molar-refractivity contribution in [1.29, 1.82) is 5.26 Å². The number of hydrogen-bond acceptors (Lipinski definition) is 7. The van der Waals surface area contributed by atoms with E-state index in [1.54, 1.807) is 6.07 Å². The number of carbonyl (C=O) groups excluding carboxylic acids is 1. The van der Waals surface area contributed by atoms with Crippen LogP contribution in [0.2, 0.25) is 0 Å². The number of methoxy groups -OCH3 is 1. The average molecular weight is 464 g/mol. The van der Waals surface area contributed by atoms with Crippen molar-refractivity contribution >= 4 is 11.9 Å². The van der Waals surface area contributed by atoms with Gasteiger partial charge in [0.2, 0.25) is 5.95 Å². The summed E-state index contributed by atoms with van der Waals surface area (Å²) in [5, 5.41) is 9.10. The molecule has 10 heteroatoms. The van der Waals surface area contributed by atoms with Crippen LogP contribution in [0.3, 0.4) is 0 Å². The first-order valence-electron chi connectivity index (χ1n) is 10.6. The van der Waals surface area contributed by atoms with Gasteiger partial charge in [-0.1, -0.05) is 12.1 Å². The molecule has 1 aliphatic rings. The van der Waals surface area contributed by atoms with Gasteiger partial charge in [-0.25, -0.2) is 18.7 Å². The van der Waals surface area contributed by atoms with Gasteiger partial charge in [-0.05, 0) is 42.7 Å². The molecule has 1 saturated heterocycles. The number of ether oxygens (including phenoxy) is 1. The minimum Gasteiger partial charge on any atom is -0.494 e. The number of piperidine rings is 1. The van der Waals surface area contributed by atoms with Crippen LogP contribution >= 0.6 is 0 Å². The quantitative estimate of drug-likeness (QED) is 0.593. The summed E-state index contributed by atoms with van der Waals surface area (Å²) in [4.78, 5) is 23.4. The van der Waals surface area contributed by atoms with Crippen LogP contribution in [0.4, 0.5) is 14.7 Å². The number of primary amides is 1. The normalized spacial score (nSPS) is 14.0. The summed E-state index contributed by atoms with van der Waals surface area (Å²) < 4.78 is 34.1. The molecule has 3 aromatic rings. The first-order valence-corrected chi connectivity index (χ1v) is 10.6. The van der Waals surface area contributed by atoms with Crippen LogP contribution in [0.1, 0.15) is 28.9 Å². The van der Waals surface area contributed by atoms with E-state index in [9.17, 15) is 13.6 Å². The maximum Gasteiger partial charge on any atom is 0.268 e. The Labute approximate surface area is 194 Å². The number of anilines is 1. The molecule has 0 spiro atoms. The molecule has 2 heterocycles. The number of rotatable bonds is 5. The predicted octanol–water partition coefficient (Wildman–Crippen LogP) is 3.00. The fraction of sp³-hybridized carbons (Fsp3) is 0.250. The fourth-order valence-electron chi connectivity index (χ4n) is 3.93. The van der Waals surface area contributed by atoms with Crippen LogP contribution in [0, 0.1) is 23.0 Å². The summed E-state index contributed by atoms with van der Waals surface area (Å²) >= 11 is 0. The van der Waals surface area contributed by atoms with E-state index in [4.69, 9.17) is 21.5 Å². The summed E-state index contributed by atoms with van der Waals surface area (Å²) in [6, 6.07) is 9.91. The molecule has 34 heavy (non-hydrogen) atoms. The van der Waals surface area contributed by atoms with Crippen LogP contribution in [-0.4, -0.2) is 42.1 Å². The molecule has 0 atom stereocenters. The molecule has 0 saturated carbocycles. The predicted molar refractivity (Wildman–Crippen MR) is 122 cm³/mol. The van der Waals surface area contributed by atoms with Crippen molar-refractivity contribution < 1.29 is 18.3 Å². The van der Waals surface area contributed by atoms with E-state index in [1.165, 1.54) is 37.4 Å². The van der Waals surface area contributed by atoms with E-state index in [-0.39, 0.29) is 51.4 Å². The van der Waals surface area contributed by atoms with E-state index in [1.807, 2.05) is 4.90 Å². The molecule has 0 bridgehead atoms. The fourth-order valence-corrected chi connectivity index (χ4v) is 3.93. The monoisotopic (exact) mass is 464 g/mol. The Bertz CT molecular complexity index is 1300. The van der Waals surface area contributed by atoms with E-state index in [0.717, 1.165) is 6.07 Å². The Morgan fingerprint density at radius 3 is 2.38 bits per heavy atom. The summed E-state index contributed by atoms with van der Waals surface area (Å²) in [7, 11) is 1.33. The third kappa shape index (κ3) is 4.38. The zero-order valence-corrected chi connectivity index (χ0v) is 18.4. The maximum atomic E-state index is 14.6. The lowest BCUT2D eigenvalue weighted by atomic mass is 9.96. The van der Waals surface area contributed by atoms with Gasteiger partial charge < -0.3 is 21.1 Å². The van der Waals surface area contributed by atoms with Crippen molar-refractivity contribution in [3.8, 4) is 34.2 Å². The number of nitriles is 1. The van der Waals surface area contributed by atoms with Gasteiger partial charge in [-0.2, -0.15) is 5.26 Å². The molecular formula is C24H22F2N6O2. The maximum absolute atomic E-state index is 14.6. The summed E-state index contributed by atoms with van der Waals surface area (Å²) in [5.41, 5.74) is 12.3. The number of hydrogen-bond donors (Lipinski definition) is 2. The highest BCUT2D eigenvalue weighted by molar-refractivity contribution is 6.02. The van der Waals surface area contributed by atoms with E-state index >= 15 is 0 Å². The molecule has 2 aromatic carbocycles. The van der Waals surface area contributed by atoms with Gasteiger partial charge in [-0.3, -0.25) is 4.79 Å². The number of carbonyl (C=O) groups is 1. The van der Waals surface area contributed by atoms with Gasteiger partial charge in [0.05, 0.1) is 18.4 Å². The van der Waals surface area contributed by atoms with Crippen LogP contribution in [0.5, 0.6) is 5.75 Å². The molecule has 1 amide bonds. The molecule has 4 rings (SSSR count). The summed E-state index contributed by atoms with van der Waals surface area (Å²) in [6.07, 6.45) is 1.42. The Balaban J connectivity index is 1.98. The molecular weight excluding hydrogens is 442 g/mol. The molecule has 0 unspecified atom stereocenters. The minimum atomic E-state index is -0.848. The summed E-state index contributed by atoms with van der Waals surface area (Å²) in [5.74, 6) is -2.02. The highest BCUT2D eigenvalue weighted by Crippen LogP contribution is 2.37.